The van der Waals surface area contributed by atoms with E-state index in [1.54, 1.807) is 0 Å². The lowest BCUT2D eigenvalue weighted by Crippen LogP contribution is -2.40. The number of carbonyl (C=O) groups is 2. The Morgan fingerprint density at radius 1 is 1.29 bits per heavy atom. The van der Waals surface area contributed by atoms with E-state index in [0.717, 1.165) is 25.3 Å². The van der Waals surface area contributed by atoms with Gasteiger partial charge in [-0.3, -0.25) is 4.79 Å². The van der Waals surface area contributed by atoms with Crippen LogP contribution in [0.5, 0.6) is 0 Å². The van der Waals surface area contributed by atoms with Gasteiger partial charge in [-0.1, -0.05) is 12.8 Å². The molecule has 0 aromatic heterocycles. The van der Waals surface area contributed by atoms with E-state index in [-0.39, 0.29) is 35.6 Å². The Hall–Kier alpha value is -1.66. The molecule has 0 spiro atoms. The van der Waals surface area contributed by atoms with Gasteiger partial charge in [0, 0.05) is 6.04 Å². The van der Waals surface area contributed by atoms with Crippen LogP contribution < -0.4 is 10.6 Å². The Balaban J connectivity index is 0.00000208. The van der Waals surface area contributed by atoms with Gasteiger partial charge in [-0.25, -0.2) is 9.18 Å². The number of fused-ring (bicyclic) bond motifs is 1. The summed E-state index contributed by atoms with van der Waals surface area (Å²) in [5.74, 6) is -0.849. The van der Waals surface area contributed by atoms with Crippen molar-refractivity contribution in [1.29, 1.82) is 0 Å². The molecule has 1 aromatic carbocycles. The highest BCUT2D eigenvalue weighted by Crippen LogP contribution is 2.33. The third-order valence-electron chi connectivity index (χ3n) is 4.82. The van der Waals surface area contributed by atoms with E-state index >= 15 is 0 Å². The lowest BCUT2D eigenvalue weighted by atomic mass is 9.85. The fourth-order valence-electron chi connectivity index (χ4n) is 3.61. The van der Waals surface area contributed by atoms with Crippen molar-refractivity contribution in [3.63, 3.8) is 0 Å². The maximum absolute atomic E-state index is 13.9. The van der Waals surface area contributed by atoms with Crippen molar-refractivity contribution >= 4 is 30.0 Å². The molecule has 5 nitrogen and oxygen atoms in total. The summed E-state index contributed by atoms with van der Waals surface area (Å²) in [5.41, 5.74) is 0.215. The Morgan fingerprint density at radius 3 is 2.75 bits per heavy atom. The number of amides is 1. The molecule has 3 rings (SSSR count). The molecule has 2 aliphatic rings. The molecule has 0 bridgehead atoms. The van der Waals surface area contributed by atoms with Gasteiger partial charge in [-0.2, -0.15) is 0 Å². The third kappa shape index (κ3) is 3.87. The second-order valence-corrected chi connectivity index (χ2v) is 6.28. The van der Waals surface area contributed by atoms with Gasteiger partial charge in [0.25, 0.3) is 0 Å². The predicted molar refractivity (Wildman–Crippen MR) is 90.9 cm³/mol. The van der Waals surface area contributed by atoms with Crippen molar-refractivity contribution in [3.05, 3.63) is 29.6 Å². The van der Waals surface area contributed by atoms with Crippen molar-refractivity contribution in [2.24, 2.45) is 5.92 Å². The molecule has 132 valence electrons. The largest absolute Gasteiger partial charge is 0.465 e. The van der Waals surface area contributed by atoms with Gasteiger partial charge in [0.2, 0.25) is 5.91 Å². The number of rotatable bonds is 3. The highest BCUT2D eigenvalue weighted by atomic mass is 35.5. The van der Waals surface area contributed by atoms with E-state index < -0.39 is 11.8 Å². The van der Waals surface area contributed by atoms with Crippen LogP contribution in [0.1, 0.15) is 42.5 Å². The quantitative estimate of drug-likeness (QED) is 0.817. The first-order valence-corrected chi connectivity index (χ1v) is 8.03. The monoisotopic (exact) mass is 356 g/mol. The molecule has 1 aromatic rings. The number of nitrogens with one attached hydrogen (secondary N) is 2. The second-order valence-electron chi connectivity index (χ2n) is 6.28. The highest BCUT2D eigenvalue weighted by molar-refractivity contribution is 5.97. The average Bonchev–Trinajstić information content (AvgIpc) is 3.00. The van der Waals surface area contributed by atoms with E-state index in [9.17, 15) is 14.0 Å². The topological polar surface area (TPSA) is 67.4 Å². The fourth-order valence-corrected chi connectivity index (χ4v) is 3.61. The number of carbonyl (C=O) groups excluding carboxylic acids is 2. The maximum atomic E-state index is 13.9. The number of anilines is 1. The fraction of sp³-hybridized carbons (Fsp3) is 0.529. The van der Waals surface area contributed by atoms with Crippen LogP contribution in [0.2, 0.25) is 0 Å². The number of methoxy groups -OCH3 is 1. The van der Waals surface area contributed by atoms with Gasteiger partial charge in [0.05, 0.1) is 24.4 Å². The standard InChI is InChI=1S/C17H21FN2O3.ClH/c1-23-17(22)11-6-7-12(18)14(9-11)20-16(21)15-8-10-4-2-3-5-13(10)19-15;/h6-7,9-10,13,15,19H,2-5,8H2,1H3,(H,20,21);1H. The lowest BCUT2D eigenvalue weighted by molar-refractivity contribution is -0.117. The number of hydrogen-bond acceptors (Lipinski definition) is 4. The first-order valence-electron chi connectivity index (χ1n) is 8.03. The SMILES string of the molecule is COC(=O)c1ccc(F)c(NC(=O)C2CC3CCCCC3N2)c1.Cl. The molecule has 1 heterocycles. The average molecular weight is 357 g/mol. The molecule has 1 amide bonds. The van der Waals surface area contributed by atoms with Crippen molar-refractivity contribution < 1.29 is 18.7 Å². The molecule has 0 radical (unpaired) electrons. The smallest absolute Gasteiger partial charge is 0.337 e. The molecule has 3 unspecified atom stereocenters. The minimum Gasteiger partial charge on any atom is -0.465 e. The first-order chi connectivity index (χ1) is 11.1. The summed E-state index contributed by atoms with van der Waals surface area (Å²) in [7, 11) is 1.26. The van der Waals surface area contributed by atoms with Crippen LogP contribution in [0, 0.1) is 11.7 Å². The van der Waals surface area contributed by atoms with Gasteiger partial charge in [0.15, 0.2) is 0 Å². The van der Waals surface area contributed by atoms with Gasteiger partial charge < -0.3 is 15.4 Å². The number of ether oxygens (including phenoxy) is 1. The van der Waals surface area contributed by atoms with E-state index in [0.29, 0.717) is 12.0 Å². The summed E-state index contributed by atoms with van der Waals surface area (Å²) in [5, 5.41) is 5.95. The Bertz CT molecular complexity index is 612. The molecule has 1 aliphatic carbocycles. The minimum absolute atomic E-state index is 0. The summed E-state index contributed by atoms with van der Waals surface area (Å²) >= 11 is 0. The van der Waals surface area contributed by atoms with E-state index in [1.165, 1.54) is 32.1 Å². The maximum Gasteiger partial charge on any atom is 0.337 e. The van der Waals surface area contributed by atoms with Gasteiger partial charge in [-0.05, 0) is 43.4 Å². The van der Waals surface area contributed by atoms with Crippen LogP contribution >= 0.6 is 12.4 Å². The molecule has 1 saturated carbocycles. The van der Waals surface area contributed by atoms with E-state index in [1.807, 2.05) is 0 Å². The van der Waals surface area contributed by atoms with E-state index in [2.05, 4.69) is 15.4 Å². The highest BCUT2D eigenvalue weighted by Gasteiger charge is 2.38. The molecule has 2 N–H and O–H groups in total. The zero-order valence-corrected chi connectivity index (χ0v) is 14.3. The van der Waals surface area contributed by atoms with Crippen LogP contribution in [0.25, 0.3) is 0 Å². The number of hydrogen-bond donors (Lipinski definition) is 2. The second kappa shape index (κ2) is 7.94. The van der Waals surface area contributed by atoms with Crippen LogP contribution in [0.4, 0.5) is 10.1 Å². The summed E-state index contributed by atoms with van der Waals surface area (Å²) < 4.78 is 18.5. The van der Waals surface area contributed by atoms with Gasteiger partial charge in [0.1, 0.15) is 5.82 Å². The Morgan fingerprint density at radius 2 is 2.04 bits per heavy atom. The van der Waals surface area contributed by atoms with Crippen LogP contribution in [-0.2, 0) is 9.53 Å². The third-order valence-corrected chi connectivity index (χ3v) is 4.82. The zero-order chi connectivity index (χ0) is 16.4. The number of benzene rings is 1. The number of halogens is 2. The molecule has 1 aliphatic heterocycles. The molecule has 1 saturated heterocycles. The van der Waals surface area contributed by atoms with E-state index in [4.69, 9.17) is 0 Å². The van der Waals surface area contributed by atoms with Gasteiger partial charge in [-0.15, -0.1) is 12.4 Å². The molecular formula is C17H22ClFN2O3. The van der Waals surface area contributed by atoms with Crippen molar-refractivity contribution in [2.45, 2.75) is 44.2 Å². The van der Waals surface area contributed by atoms with Crippen LogP contribution in [0.3, 0.4) is 0 Å². The molecule has 7 heteroatoms. The van der Waals surface area contributed by atoms with Crippen molar-refractivity contribution in [3.8, 4) is 0 Å². The normalized spacial score (nSPS) is 25.3. The molecule has 3 atom stereocenters. The number of esters is 1. The van der Waals surface area contributed by atoms with Gasteiger partial charge >= 0.3 is 5.97 Å². The van der Waals surface area contributed by atoms with Crippen molar-refractivity contribution in [1.82, 2.24) is 5.32 Å². The lowest BCUT2D eigenvalue weighted by Gasteiger charge is -2.24. The summed E-state index contributed by atoms with van der Waals surface area (Å²) in [6.45, 7) is 0. The Kier molecular flexibility index (Phi) is 6.18. The molecule has 24 heavy (non-hydrogen) atoms. The zero-order valence-electron chi connectivity index (χ0n) is 13.5. The summed E-state index contributed by atoms with van der Waals surface area (Å²) in [6, 6.07) is 3.89. The molecule has 2 fully saturated rings. The van der Waals surface area contributed by atoms with Crippen molar-refractivity contribution in [2.75, 3.05) is 12.4 Å². The van der Waals surface area contributed by atoms with Crippen LogP contribution in [-0.4, -0.2) is 31.1 Å². The molecular weight excluding hydrogens is 335 g/mol. The minimum atomic E-state index is -0.568. The Labute approximate surface area is 146 Å². The van der Waals surface area contributed by atoms with Crippen LogP contribution in [0.15, 0.2) is 18.2 Å². The first kappa shape index (κ1) is 18.7. The summed E-state index contributed by atoms with van der Waals surface area (Å²) in [6.07, 6.45) is 5.44. The summed E-state index contributed by atoms with van der Waals surface area (Å²) in [4.78, 5) is 23.9. The predicted octanol–water partition coefficient (Wildman–Crippen LogP) is 2.89.